The number of benzene rings is 1. The molecule has 0 radical (unpaired) electrons. The Morgan fingerprint density at radius 1 is 1.43 bits per heavy atom. The molecule has 0 amide bonds. The molecule has 76 valence electrons. The van der Waals surface area contributed by atoms with Crippen molar-refractivity contribution in [3.63, 3.8) is 0 Å². The van der Waals surface area contributed by atoms with E-state index in [0.29, 0.717) is 12.3 Å². The molecule has 0 spiro atoms. The quantitative estimate of drug-likeness (QED) is 0.550. The third kappa shape index (κ3) is 2.58. The Balaban J connectivity index is 3.03. The summed E-state index contributed by atoms with van der Waals surface area (Å²) < 4.78 is 0. The van der Waals surface area contributed by atoms with E-state index in [2.05, 4.69) is 6.92 Å². The van der Waals surface area contributed by atoms with Gasteiger partial charge in [-0.05, 0) is 25.0 Å². The lowest BCUT2D eigenvalue weighted by Gasteiger charge is -2.06. The Morgan fingerprint density at radius 2 is 2.14 bits per heavy atom. The molecule has 0 aromatic heterocycles. The standard InChI is InChI=1S/C12H15ClO/c1-3-10-5-4-9(2)8-11(10)12(14)6-7-13/h4-5,8H,3,6-7H2,1-2H3. The minimum absolute atomic E-state index is 0.153. The van der Waals surface area contributed by atoms with Crippen LogP contribution in [0.5, 0.6) is 0 Å². The molecule has 0 saturated carbocycles. The van der Waals surface area contributed by atoms with Gasteiger partial charge in [0.25, 0.3) is 0 Å². The molecule has 0 saturated heterocycles. The van der Waals surface area contributed by atoms with Crippen LogP contribution in [-0.2, 0) is 6.42 Å². The first-order valence-corrected chi connectivity index (χ1v) is 5.41. The van der Waals surface area contributed by atoms with Gasteiger partial charge in [0, 0.05) is 17.9 Å². The van der Waals surface area contributed by atoms with Crippen LogP contribution in [-0.4, -0.2) is 11.7 Å². The van der Waals surface area contributed by atoms with E-state index in [1.165, 1.54) is 0 Å². The van der Waals surface area contributed by atoms with Gasteiger partial charge in [-0.15, -0.1) is 11.6 Å². The van der Waals surface area contributed by atoms with Crippen LogP contribution in [0.4, 0.5) is 0 Å². The smallest absolute Gasteiger partial charge is 0.164 e. The summed E-state index contributed by atoms with van der Waals surface area (Å²) in [6.07, 6.45) is 1.32. The number of hydrogen-bond donors (Lipinski definition) is 0. The van der Waals surface area contributed by atoms with E-state index in [0.717, 1.165) is 23.1 Å². The van der Waals surface area contributed by atoms with Crippen molar-refractivity contribution in [1.82, 2.24) is 0 Å². The predicted molar refractivity (Wildman–Crippen MR) is 60.2 cm³/mol. The average molecular weight is 211 g/mol. The third-order valence-corrected chi connectivity index (χ3v) is 2.46. The lowest BCUT2D eigenvalue weighted by molar-refractivity contribution is 0.0988. The Labute approximate surface area is 90.1 Å². The second-order valence-corrected chi connectivity index (χ2v) is 3.75. The maximum Gasteiger partial charge on any atom is 0.164 e. The molecule has 14 heavy (non-hydrogen) atoms. The summed E-state index contributed by atoms with van der Waals surface area (Å²) in [6.45, 7) is 4.05. The molecule has 1 aromatic rings. The molecule has 1 nitrogen and oxygen atoms in total. The van der Waals surface area contributed by atoms with Crippen LogP contribution >= 0.6 is 11.6 Å². The normalized spacial score (nSPS) is 10.2. The number of aryl methyl sites for hydroxylation is 2. The van der Waals surface area contributed by atoms with E-state index in [-0.39, 0.29) is 5.78 Å². The Hall–Kier alpha value is -0.820. The zero-order chi connectivity index (χ0) is 10.6. The lowest BCUT2D eigenvalue weighted by Crippen LogP contribution is -2.04. The van der Waals surface area contributed by atoms with Crippen molar-refractivity contribution in [2.45, 2.75) is 26.7 Å². The van der Waals surface area contributed by atoms with Gasteiger partial charge in [-0.25, -0.2) is 0 Å². The summed E-state index contributed by atoms with van der Waals surface area (Å²) in [6, 6.07) is 6.01. The zero-order valence-corrected chi connectivity index (χ0v) is 9.40. The number of Topliss-reactive ketones (excluding diaryl/α,β-unsaturated/α-hetero) is 1. The number of halogens is 1. The van der Waals surface area contributed by atoms with Gasteiger partial charge in [0.05, 0.1) is 0 Å². The van der Waals surface area contributed by atoms with Crippen LogP contribution in [0.2, 0.25) is 0 Å². The number of ketones is 1. The molecule has 0 aliphatic rings. The van der Waals surface area contributed by atoms with Crippen molar-refractivity contribution in [2.75, 3.05) is 5.88 Å². The van der Waals surface area contributed by atoms with Gasteiger partial charge in [0.15, 0.2) is 5.78 Å². The van der Waals surface area contributed by atoms with Gasteiger partial charge in [-0.1, -0.05) is 24.6 Å². The second-order valence-electron chi connectivity index (χ2n) is 3.38. The highest BCUT2D eigenvalue weighted by Gasteiger charge is 2.09. The molecule has 0 aliphatic carbocycles. The number of carbonyl (C=O) groups excluding carboxylic acids is 1. The number of rotatable bonds is 4. The van der Waals surface area contributed by atoms with Crippen molar-refractivity contribution in [2.24, 2.45) is 0 Å². The average Bonchev–Trinajstić information content (AvgIpc) is 2.18. The fourth-order valence-corrected chi connectivity index (χ4v) is 1.65. The first-order valence-electron chi connectivity index (χ1n) is 4.87. The van der Waals surface area contributed by atoms with Crippen molar-refractivity contribution in [1.29, 1.82) is 0 Å². The Bertz CT molecular complexity index is 331. The summed E-state index contributed by atoms with van der Waals surface area (Å²) in [5.41, 5.74) is 3.08. The minimum Gasteiger partial charge on any atom is -0.294 e. The number of carbonyl (C=O) groups is 1. The van der Waals surface area contributed by atoms with E-state index < -0.39 is 0 Å². The monoisotopic (exact) mass is 210 g/mol. The van der Waals surface area contributed by atoms with Gasteiger partial charge < -0.3 is 0 Å². The summed E-state index contributed by atoms with van der Waals surface area (Å²) in [5, 5.41) is 0. The van der Waals surface area contributed by atoms with Crippen molar-refractivity contribution < 1.29 is 4.79 Å². The van der Waals surface area contributed by atoms with Crippen LogP contribution in [0.25, 0.3) is 0 Å². The summed E-state index contributed by atoms with van der Waals surface area (Å²) in [5.74, 6) is 0.552. The Morgan fingerprint density at radius 3 is 2.71 bits per heavy atom. The molecule has 2 heteroatoms. The van der Waals surface area contributed by atoms with Gasteiger partial charge in [-0.2, -0.15) is 0 Å². The lowest BCUT2D eigenvalue weighted by atomic mass is 9.98. The largest absolute Gasteiger partial charge is 0.294 e. The van der Waals surface area contributed by atoms with E-state index in [4.69, 9.17) is 11.6 Å². The van der Waals surface area contributed by atoms with Crippen molar-refractivity contribution in [3.8, 4) is 0 Å². The first-order chi connectivity index (χ1) is 6.69. The van der Waals surface area contributed by atoms with Gasteiger partial charge in [-0.3, -0.25) is 4.79 Å². The summed E-state index contributed by atoms with van der Waals surface area (Å²) in [4.78, 5) is 11.7. The molecular weight excluding hydrogens is 196 g/mol. The van der Waals surface area contributed by atoms with Crippen LogP contribution in [0.1, 0.15) is 34.8 Å². The fraction of sp³-hybridized carbons (Fsp3) is 0.417. The molecule has 0 unspecified atom stereocenters. The minimum atomic E-state index is 0.153. The van der Waals surface area contributed by atoms with E-state index >= 15 is 0 Å². The van der Waals surface area contributed by atoms with E-state index in [9.17, 15) is 4.79 Å². The van der Waals surface area contributed by atoms with Crippen molar-refractivity contribution in [3.05, 3.63) is 34.9 Å². The fourth-order valence-electron chi connectivity index (χ4n) is 1.48. The molecular formula is C12H15ClO. The second kappa shape index (κ2) is 5.16. The van der Waals surface area contributed by atoms with E-state index in [1.807, 2.05) is 25.1 Å². The maximum atomic E-state index is 11.7. The highest BCUT2D eigenvalue weighted by atomic mass is 35.5. The van der Waals surface area contributed by atoms with E-state index in [1.54, 1.807) is 0 Å². The number of alkyl halides is 1. The summed E-state index contributed by atoms with van der Waals surface area (Å²) >= 11 is 5.56. The van der Waals surface area contributed by atoms with Crippen LogP contribution in [0.15, 0.2) is 18.2 Å². The highest BCUT2D eigenvalue weighted by Crippen LogP contribution is 2.14. The first kappa shape index (κ1) is 11.3. The molecule has 0 heterocycles. The molecule has 1 rings (SSSR count). The van der Waals surface area contributed by atoms with Gasteiger partial charge in [0.2, 0.25) is 0 Å². The molecule has 0 N–H and O–H groups in total. The molecule has 1 aromatic carbocycles. The molecule has 0 fully saturated rings. The summed E-state index contributed by atoms with van der Waals surface area (Å²) in [7, 11) is 0. The maximum absolute atomic E-state index is 11.7. The molecule has 0 bridgehead atoms. The third-order valence-electron chi connectivity index (χ3n) is 2.27. The van der Waals surface area contributed by atoms with Gasteiger partial charge >= 0.3 is 0 Å². The molecule has 0 aliphatic heterocycles. The van der Waals surface area contributed by atoms with Crippen LogP contribution < -0.4 is 0 Å². The topological polar surface area (TPSA) is 17.1 Å². The Kier molecular flexibility index (Phi) is 4.15. The predicted octanol–water partition coefficient (Wildman–Crippen LogP) is 3.37. The highest BCUT2D eigenvalue weighted by molar-refractivity contribution is 6.19. The van der Waals surface area contributed by atoms with Gasteiger partial charge in [0.1, 0.15) is 0 Å². The van der Waals surface area contributed by atoms with Crippen LogP contribution in [0.3, 0.4) is 0 Å². The van der Waals surface area contributed by atoms with Crippen molar-refractivity contribution >= 4 is 17.4 Å². The molecule has 0 atom stereocenters. The SMILES string of the molecule is CCc1ccc(C)cc1C(=O)CCCl. The zero-order valence-electron chi connectivity index (χ0n) is 8.64. The van der Waals surface area contributed by atoms with Crippen LogP contribution in [0, 0.1) is 6.92 Å². The number of hydrogen-bond acceptors (Lipinski definition) is 1.